The van der Waals surface area contributed by atoms with Gasteiger partial charge in [-0.2, -0.15) is 0 Å². The summed E-state index contributed by atoms with van der Waals surface area (Å²) >= 11 is 0. The summed E-state index contributed by atoms with van der Waals surface area (Å²) in [6, 6.07) is 38.1. The van der Waals surface area contributed by atoms with Crippen molar-refractivity contribution in [3.8, 4) is 22.3 Å². The van der Waals surface area contributed by atoms with Gasteiger partial charge in [0.2, 0.25) is 0 Å². The van der Waals surface area contributed by atoms with Crippen LogP contribution in [0.3, 0.4) is 0 Å². The number of fused-ring (bicyclic) bond motifs is 6. The van der Waals surface area contributed by atoms with Gasteiger partial charge in [-0.05, 0) is 158 Å². The summed E-state index contributed by atoms with van der Waals surface area (Å²) in [5.74, 6) is 0.797. The predicted octanol–water partition coefficient (Wildman–Crippen LogP) is 13.7. The van der Waals surface area contributed by atoms with Gasteiger partial charge in [0, 0.05) is 10.8 Å². The summed E-state index contributed by atoms with van der Waals surface area (Å²) in [5.41, 5.74) is 14.1. The fourth-order valence-corrected chi connectivity index (χ4v) is 9.88. The highest BCUT2D eigenvalue weighted by molar-refractivity contribution is 6.33. The van der Waals surface area contributed by atoms with E-state index in [1.807, 2.05) is 0 Å². The molecule has 48 heavy (non-hydrogen) atoms. The normalized spacial score (nSPS) is 15.8. The predicted molar refractivity (Wildman–Crippen MR) is 208 cm³/mol. The largest absolute Gasteiger partial charge is 0.0616 e. The molecule has 0 aliphatic heterocycles. The first-order valence-electron chi connectivity index (χ1n) is 17.9. The highest BCUT2D eigenvalue weighted by Gasteiger charge is 2.40. The molecule has 234 valence electrons. The van der Waals surface area contributed by atoms with E-state index in [4.69, 9.17) is 0 Å². The lowest BCUT2D eigenvalue weighted by Crippen LogP contribution is -2.26. The van der Waals surface area contributed by atoms with Crippen molar-refractivity contribution in [2.24, 2.45) is 0 Å². The molecule has 0 N–H and O–H groups in total. The SMILES string of the molecule is CC(C)c1cc2c3c(cc4c(C(C)C)cc5c6c(cc1c3c46)-c1cc3ccccc3cc1C5(C)C)-c1cc3ccccc3cc1C2(C)C. The van der Waals surface area contributed by atoms with E-state index in [1.165, 1.54) is 109 Å². The minimum absolute atomic E-state index is 0.132. The maximum atomic E-state index is 2.60. The lowest BCUT2D eigenvalue weighted by atomic mass is 9.63. The standard InChI is InChI=1S/C48H42/c1-25(2)31-23-41-43-38(34-18-28-14-10-11-15-29(28)19-39(34)47(41,5)6)22-36-32(26(3)4)24-42-44-37(21-35(31)45(43)46(36)44)33-17-27-13-9-12-16-30(27)20-40(33)48(42,7)8/h9-26H,1-8H3. The highest BCUT2D eigenvalue weighted by Crippen LogP contribution is 2.59. The molecule has 0 saturated heterocycles. The van der Waals surface area contributed by atoms with Crippen LogP contribution in [0.25, 0.3) is 76.1 Å². The van der Waals surface area contributed by atoms with Gasteiger partial charge in [-0.1, -0.05) is 116 Å². The monoisotopic (exact) mass is 618 g/mol. The third-order valence-electron chi connectivity index (χ3n) is 12.5. The lowest BCUT2D eigenvalue weighted by molar-refractivity contribution is 0.643. The Hall–Kier alpha value is -4.68. The summed E-state index contributed by atoms with van der Waals surface area (Å²) in [4.78, 5) is 0. The van der Waals surface area contributed by atoms with Crippen LogP contribution < -0.4 is 0 Å². The first-order chi connectivity index (χ1) is 23.0. The van der Waals surface area contributed by atoms with E-state index in [2.05, 4.69) is 152 Å². The van der Waals surface area contributed by atoms with E-state index in [1.54, 1.807) is 0 Å². The van der Waals surface area contributed by atoms with Crippen molar-refractivity contribution in [2.45, 2.75) is 78.1 Å². The third-order valence-corrected chi connectivity index (χ3v) is 12.5. The van der Waals surface area contributed by atoms with Crippen LogP contribution in [0.4, 0.5) is 0 Å². The van der Waals surface area contributed by atoms with E-state index in [0.29, 0.717) is 11.8 Å². The van der Waals surface area contributed by atoms with Crippen LogP contribution >= 0.6 is 0 Å². The van der Waals surface area contributed by atoms with E-state index in [9.17, 15) is 0 Å². The smallest absolute Gasteiger partial charge is 0.0159 e. The Morgan fingerprint density at radius 2 is 0.729 bits per heavy atom. The molecule has 2 aliphatic carbocycles. The van der Waals surface area contributed by atoms with Gasteiger partial charge in [0.05, 0.1) is 0 Å². The van der Waals surface area contributed by atoms with E-state index >= 15 is 0 Å². The number of hydrogen-bond donors (Lipinski definition) is 0. The molecule has 10 rings (SSSR count). The van der Waals surface area contributed by atoms with Gasteiger partial charge in [-0.3, -0.25) is 0 Å². The second-order valence-electron chi connectivity index (χ2n) is 16.5. The number of benzene rings is 8. The van der Waals surface area contributed by atoms with Crippen LogP contribution in [0, 0.1) is 0 Å². The zero-order valence-electron chi connectivity index (χ0n) is 29.4. The van der Waals surface area contributed by atoms with Gasteiger partial charge in [0.15, 0.2) is 0 Å². The van der Waals surface area contributed by atoms with Crippen LogP contribution in [-0.2, 0) is 10.8 Å². The minimum atomic E-state index is -0.132. The van der Waals surface area contributed by atoms with E-state index in [0.717, 1.165) is 0 Å². The maximum Gasteiger partial charge on any atom is 0.0159 e. The molecule has 0 spiro atoms. The number of rotatable bonds is 2. The van der Waals surface area contributed by atoms with Crippen molar-refractivity contribution < 1.29 is 0 Å². The molecule has 0 bridgehead atoms. The molecular formula is C48H42. The first kappa shape index (κ1) is 28.3. The molecule has 8 aromatic rings. The van der Waals surface area contributed by atoms with Crippen LogP contribution in [0.2, 0.25) is 0 Å². The van der Waals surface area contributed by atoms with Gasteiger partial charge in [0.25, 0.3) is 0 Å². The zero-order chi connectivity index (χ0) is 33.0. The topological polar surface area (TPSA) is 0 Å². The molecule has 8 aromatic carbocycles. The Morgan fingerprint density at radius 3 is 1.08 bits per heavy atom. The zero-order valence-corrected chi connectivity index (χ0v) is 29.4. The molecule has 0 unspecified atom stereocenters. The summed E-state index contributed by atoms with van der Waals surface area (Å²) < 4.78 is 0. The second kappa shape index (κ2) is 9.06. The first-order valence-corrected chi connectivity index (χ1v) is 17.9. The molecular weight excluding hydrogens is 577 g/mol. The molecule has 0 atom stereocenters. The average Bonchev–Trinajstić information content (AvgIpc) is 3.07. The van der Waals surface area contributed by atoms with Crippen molar-refractivity contribution in [1.29, 1.82) is 0 Å². The Bertz CT molecular complexity index is 2520. The Labute approximate surface area is 283 Å². The fourth-order valence-electron chi connectivity index (χ4n) is 9.88. The van der Waals surface area contributed by atoms with Crippen LogP contribution in [0.5, 0.6) is 0 Å². The van der Waals surface area contributed by atoms with Crippen LogP contribution in [0.15, 0.2) is 97.1 Å². The average molecular weight is 619 g/mol. The Balaban J connectivity index is 1.48. The molecule has 0 amide bonds. The van der Waals surface area contributed by atoms with Crippen molar-refractivity contribution >= 4 is 53.9 Å². The van der Waals surface area contributed by atoms with Crippen molar-refractivity contribution in [1.82, 2.24) is 0 Å². The van der Waals surface area contributed by atoms with E-state index in [-0.39, 0.29) is 10.8 Å². The number of hydrogen-bond acceptors (Lipinski definition) is 0. The van der Waals surface area contributed by atoms with Gasteiger partial charge in [-0.25, -0.2) is 0 Å². The van der Waals surface area contributed by atoms with Crippen molar-refractivity contribution in [2.75, 3.05) is 0 Å². The van der Waals surface area contributed by atoms with Crippen LogP contribution in [-0.4, -0.2) is 0 Å². The van der Waals surface area contributed by atoms with Gasteiger partial charge in [0.1, 0.15) is 0 Å². The second-order valence-corrected chi connectivity index (χ2v) is 16.5. The molecule has 0 nitrogen and oxygen atoms in total. The quantitative estimate of drug-likeness (QED) is 0.169. The molecule has 0 saturated carbocycles. The minimum Gasteiger partial charge on any atom is -0.0616 e. The van der Waals surface area contributed by atoms with Crippen molar-refractivity contribution in [3.05, 3.63) is 130 Å². The lowest BCUT2D eigenvalue weighted by Gasteiger charge is -2.40. The summed E-state index contributed by atoms with van der Waals surface area (Å²) in [7, 11) is 0. The fraction of sp³-hybridized carbons (Fsp3) is 0.250. The van der Waals surface area contributed by atoms with Gasteiger partial charge < -0.3 is 0 Å². The molecule has 0 aromatic heterocycles. The Kier molecular flexibility index (Phi) is 5.35. The third kappa shape index (κ3) is 3.36. The molecule has 0 heteroatoms. The van der Waals surface area contributed by atoms with Gasteiger partial charge >= 0.3 is 0 Å². The molecule has 0 heterocycles. The van der Waals surface area contributed by atoms with Gasteiger partial charge in [-0.15, -0.1) is 0 Å². The van der Waals surface area contributed by atoms with Crippen LogP contribution in [0.1, 0.15) is 101 Å². The highest BCUT2D eigenvalue weighted by atomic mass is 14.4. The van der Waals surface area contributed by atoms with E-state index < -0.39 is 0 Å². The Morgan fingerprint density at radius 1 is 0.375 bits per heavy atom. The summed E-state index contributed by atoms with van der Waals surface area (Å²) in [6.07, 6.45) is 0. The molecule has 2 aliphatic rings. The summed E-state index contributed by atoms with van der Waals surface area (Å²) in [6.45, 7) is 19.4. The molecule has 0 radical (unpaired) electrons. The maximum absolute atomic E-state index is 2.60. The van der Waals surface area contributed by atoms with Crippen molar-refractivity contribution in [3.63, 3.8) is 0 Å². The molecule has 0 fully saturated rings. The summed E-state index contributed by atoms with van der Waals surface area (Å²) in [5, 5.41) is 14.1.